The maximum absolute atomic E-state index is 6.05. The quantitative estimate of drug-likeness (QED) is 0.873. The first-order valence-corrected chi connectivity index (χ1v) is 7.21. The predicted octanol–water partition coefficient (Wildman–Crippen LogP) is 3.53. The summed E-state index contributed by atoms with van der Waals surface area (Å²) in [6.07, 6.45) is 2.34. The molecule has 2 aromatic rings. The fraction of sp³-hybridized carbons (Fsp3) is 0.333. The van der Waals surface area contributed by atoms with Crippen molar-refractivity contribution in [3.8, 4) is 0 Å². The zero-order chi connectivity index (χ0) is 12.5. The van der Waals surface area contributed by atoms with E-state index >= 15 is 0 Å². The lowest BCUT2D eigenvalue weighted by atomic mass is 10.0. The normalized spacial score (nSPS) is 20.3. The van der Waals surface area contributed by atoms with E-state index in [1.54, 1.807) is 0 Å². The molecule has 18 heavy (non-hydrogen) atoms. The highest BCUT2D eigenvalue weighted by Crippen LogP contribution is 2.26. The van der Waals surface area contributed by atoms with Crippen molar-refractivity contribution in [2.75, 3.05) is 18.0 Å². The van der Waals surface area contributed by atoms with Gasteiger partial charge in [0.25, 0.3) is 0 Å². The van der Waals surface area contributed by atoms with Crippen LogP contribution in [-0.2, 0) is 0 Å². The van der Waals surface area contributed by atoms with Crippen molar-refractivity contribution in [1.82, 2.24) is 0 Å². The van der Waals surface area contributed by atoms with E-state index in [4.69, 9.17) is 5.73 Å². The molecule has 0 spiro atoms. The number of hydrogen-bond acceptors (Lipinski definition) is 2. The third kappa shape index (κ3) is 2.38. The number of halogens is 1. The highest BCUT2D eigenvalue weighted by Gasteiger charge is 2.16. The van der Waals surface area contributed by atoms with Gasteiger partial charge in [-0.1, -0.05) is 28.1 Å². The van der Waals surface area contributed by atoms with Crippen molar-refractivity contribution in [3.63, 3.8) is 0 Å². The smallest absolute Gasteiger partial charge is 0.0373 e. The Bertz CT molecular complexity index is 567. The van der Waals surface area contributed by atoms with Gasteiger partial charge in [-0.25, -0.2) is 0 Å². The predicted molar refractivity (Wildman–Crippen MR) is 81.1 cm³/mol. The molecule has 0 aliphatic carbocycles. The van der Waals surface area contributed by atoms with Gasteiger partial charge in [-0.15, -0.1) is 0 Å². The van der Waals surface area contributed by atoms with E-state index in [9.17, 15) is 0 Å². The molecule has 3 rings (SSSR count). The molecule has 2 N–H and O–H groups in total. The van der Waals surface area contributed by atoms with E-state index < -0.39 is 0 Å². The van der Waals surface area contributed by atoms with Crippen LogP contribution in [0.25, 0.3) is 10.8 Å². The summed E-state index contributed by atoms with van der Waals surface area (Å²) in [5.74, 6) is 0. The molecule has 2 aromatic carbocycles. The van der Waals surface area contributed by atoms with Crippen LogP contribution in [0.5, 0.6) is 0 Å². The minimum Gasteiger partial charge on any atom is -0.370 e. The van der Waals surface area contributed by atoms with E-state index in [2.05, 4.69) is 57.2 Å². The molecule has 0 amide bonds. The maximum atomic E-state index is 6.05. The fourth-order valence-electron chi connectivity index (χ4n) is 2.65. The maximum Gasteiger partial charge on any atom is 0.0373 e. The number of piperidine rings is 1. The molecule has 1 unspecified atom stereocenters. The van der Waals surface area contributed by atoms with E-state index in [1.807, 2.05) is 0 Å². The van der Waals surface area contributed by atoms with Gasteiger partial charge in [-0.2, -0.15) is 0 Å². The summed E-state index contributed by atoms with van der Waals surface area (Å²) in [6.45, 7) is 2.10. The Morgan fingerprint density at radius 1 is 1.11 bits per heavy atom. The van der Waals surface area contributed by atoms with E-state index in [1.165, 1.54) is 22.9 Å². The summed E-state index contributed by atoms with van der Waals surface area (Å²) >= 11 is 3.51. The highest BCUT2D eigenvalue weighted by atomic mass is 79.9. The summed E-state index contributed by atoms with van der Waals surface area (Å²) < 4.78 is 1.13. The van der Waals surface area contributed by atoms with Gasteiger partial charge in [0.15, 0.2) is 0 Å². The lowest BCUT2D eigenvalue weighted by molar-refractivity contribution is 0.506. The minimum absolute atomic E-state index is 0.319. The largest absolute Gasteiger partial charge is 0.370 e. The van der Waals surface area contributed by atoms with E-state index in [0.717, 1.165) is 24.0 Å². The third-order valence-corrected chi connectivity index (χ3v) is 4.10. The minimum atomic E-state index is 0.319. The van der Waals surface area contributed by atoms with Gasteiger partial charge in [0, 0.05) is 29.3 Å². The SMILES string of the molecule is NC1CCCN(c2ccc3cc(Br)ccc3c2)C1. The van der Waals surface area contributed by atoms with Crippen LogP contribution in [0.3, 0.4) is 0 Å². The fourth-order valence-corrected chi connectivity index (χ4v) is 3.02. The van der Waals surface area contributed by atoms with Crippen LogP contribution in [0.4, 0.5) is 5.69 Å². The average molecular weight is 305 g/mol. The van der Waals surface area contributed by atoms with Gasteiger partial charge in [-0.05, 0) is 47.9 Å². The second-order valence-corrected chi connectivity index (χ2v) is 5.94. The van der Waals surface area contributed by atoms with Crippen LogP contribution in [0, 0.1) is 0 Å². The molecule has 1 aliphatic rings. The Kier molecular flexibility index (Phi) is 3.27. The first kappa shape index (κ1) is 12.0. The average Bonchev–Trinajstić information content (AvgIpc) is 2.38. The van der Waals surface area contributed by atoms with Gasteiger partial charge < -0.3 is 10.6 Å². The van der Waals surface area contributed by atoms with E-state index in [-0.39, 0.29) is 0 Å². The van der Waals surface area contributed by atoms with Crippen molar-refractivity contribution >= 4 is 32.4 Å². The molecule has 2 nitrogen and oxygen atoms in total. The number of rotatable bonds is 1. The zero-order valence-electron chi connectivity index (χ0n) is 10.3. The van der Waals surface area contributed by atoms with Gasteiger partial charge in [-0.3, -0.25) is 0 Å². The Morgan fingerprint density at radius 3 is 2.72 bits per heavy atom. The Hall–Kier alpha value is -1.06. The molecular formula is C15H17BrN2. The van der Waals surface area contributed by atoms with Crippen molar-refractivity contribution in [1.29, 1.82) is 0 Å². The molecule has 0 bridgehead atoms. The third-order valence-electron chi connectivity index (χ3n) is 3.61. The molecule has 1 fully saturated rings. The molecule has 1 aliphatic heterocycles. The number of nitrogens with zero attached hydrogens (tertiary/aromatic N) is 1. The van der Waals surface area contributed by atoms with Crippen molar-refractivity contribution in [2.45, 2.75) is 18.9 Å². The summed E-state index contributed by atoms with van der Waals surface area (Å²) in [4.78, 5) is 2.40. The summed E-state index contributed by atoms with van der Waals surface area (Å²) in [6, 6.07) is 13.4. The van der Waals surface area contributed by atoms with Crippen LogP contribution < -0.4 is 10.6 Å². The standard InChI is InChI=1S/C15H17BrN2/c16-13-5-3-12-9-15(6-4-11(12)8-13)18-7-1-2-14(17)10-18/h3-6,8-9,14H,1-2,7,10,17H2. The molecule has 0 radical (unpaired) electrons. The summed E-state index contributed by atoms with van der Waals surface area (Å²) in [7, 11) is 0. The van der Waals surface area contributed by atoms with Crippen LogP contribution >= 0.6 is 15.9 Å². The molecule has 0 aromatic heterocycles. The molecule has 1 saturated heterocycles. The number of fused-ring (bicyclic) bond motifs is 1. The first-order valence-electron chi connectivity index (χ1n) is 6.42. The number of benzene rings is 2. The van der Waals surface area contributed by atoms with Gasteiger partial charge in [0.2, 0.25) is 0 Å². The first-order chi connectivity index (χ1) is 8.72. The Morgan fingerprint density at radius 2 is 1.89 bits per heavy atom. The molecule has 94 valence electrons. The molecule has 1 atom stereocenters. The van der Waals surface area contributed by atoms with Crippen molar-refractivity contribution in [2.24, 2.45) is 5.73 Å². The van der Waals surface area contributed by atoms with Gasteiger partial charge in [0.05, 0.1) is 0 Å². The number of hydrogen-bond donors (Lipinski definition) is 1. The molecule has 1 heterocycles. The Labute approximate surface area is 116 Å². The zero-order valence-corrected chi connectivity index (χ0v) is 11.9. The van der Waals surface area contributed by atoms with E-state index in [0.29, 0.717) is 6.04 Å². The van der Waals surface area contributed by atoms with Gasteiger partial charge >= 0.3 is 0 Å². The summed E-state index contributed by atoms with van der Waals surface area (Å²) in [5.41, 5.74) is 7.34. The second kappa shape index (κ2) is 4.90. The summed E-state index contributed by atoms with van der Waals surface area (Å²) in [5, 5.41) is 2.56. The second-order valence-electron chi connectivity index (χ2n) is 5.02. The van der Waals surface area contributed by atoms with Crippen molar-refractivity contribution < 1.29 is 0 Å². The van der Waals surface area contributed by atoms with Crippen LogP contribution in [0.1, 0.15) is 12.8 Å². The highest BCUT2D eigenvalue weighted by molar-refractivity contribution is 9.10. The van der Waals surface area contributed by atoms with Crippen LogP contribution in [0.2, 0.25) is 0 Å². The van der Waals surface area contributed by atoms with Crippen LogP contribution in [0.15, 0.2) is 40.9 Å². The lowest BCUT2D eigenvalue weighted by Crippen LogP contribution is -2.42. The number of nitrogens with two attached hydrogens (primary N) is 1. The molecule has 0 saturated carbocycles. The van der Waals surface area contributed by atoms with Gasteiger partial charge in [0.1, 0.15) is 0 Å². The number of anilines is 1. The monoisotopic (exact) mass is 304 g/mol. The Balaban J connectivity index is 1.95. The topological polar surface area (TPSA) is 29.3 Å². The molecule has 3 heteroatoms. The van der Waals surface area contributed by atoms with Crippen molar-refractivity contribution in [3.05, 3.63) is 40.9 Å². The van der Waals surface area contributed by atoms with Crippen LogP contribution in [-0.4, -0.2) is 19.1 Å². The lowest BCUT2D eigenvalue weighted by Gasteiger charge is -2.32. The molecular weight excluding hydrogens is 288 g/mol.